The van der Waals surface area contributed by atoms with Crippen molar-refractivity contribution in [2.75, 3.05) is 10.6 Å². The predicted octanol–water partition coefficient (Wildman–Crippen LogP) is 4.81. The van der Waals surface area contributed by atoms with Crippen LogP contribution in [0.3, 0.4) is 0 Å². The van der Waals surface area contributed by atoms with Gasteiger partial charge in [0.1, 0.15) is 12.4 Å². The second-order valence-electron chi connectivity index (χ2n) is 8.79. The van der Waals surface area contributed by atoms with Crippen molar-refractivity contribution in [3.63, 3.8) is 0 Å². The zero-order valence-corrected chi connectivity index (χ0v) is 18.0. The molecule has 154 valence electrons. The summed E-state index contributed by atoms with van der Waals surface area (Å²) in [5.74, 6) is 0.473. The molecule has 2 aromatic carbocycles. The van der Waals surface area contributed by atoms with Gasteiger partial charge < -0.3 is 10.6 Å². The highest BCUT2D eigenvalue weighted by Gasteiger charge is 2.33. The Balaban J connectivity index is 1.74. The molecule has 3 aromatic rings. The minimum Gasteiger partial charge on any atom is -0.328 e. The van der Waals surface area contributed by atoms with Gasteiger partial charge in [-0.1, -0.05) is 57.2 Å². The number of benzene rings is 2. The molecule has 2 heterocycles. The van der Waals surface area contributed by atoms with Gasteiger partial charge in [-0.15, -0.1) is 0 Å². The number of nitrogens with one attached hydrogen (secondary N) is 2. The second kappa shape index (κ2) is 7.44. The van der Waals surface area contributed by atoms with E-state index >= 15 is 0 Å². The number of nitrogens with zero attached hydrogens (tertiary/aromatic N) is 3. The molecule has 1 aromatic heterocycles. The van der Waals surface area contributed by atoms with Crippen molar-refractivity contribution >= 4 is 17.5 Å². The molecule has 6 nitrogen and oxygen atoms in total. The largest absolute Gasteiger partial charge is 0.328 e. The Labute approximate surface area is 177 Å². The van der Waals surface area contributed by atoms with Gasteiger partial charge in [0.2, 0.25) is 5.95 Å². The summed E-state index contributed by atoms with van der Waals surface area (Å²) in [7, 11) is 0. The number of rotatable bonds is 3. The Morgan fingerprint density at radius 2 is 1.83 bits per heavy atom. The summed E-state index contributed by atoms with van der Waals surface area (Å²) in [5.41, 5.74) is 5.54. The molecule has 1 aliphatic rings. The molecule has 1 aliphatic heterocycles. The molecule has 0 saturated heterocycles. The number of hydrogen-bond acceptors (Lipinski definition) is 4. The fourth-order valence-electron chi connectivity index (χ4n) is 3.78. The number of carbonyl (C=O) groups excluding carboxylic acids is 1. The Hall–Kier alpha value is -3.41. The lowest BCUT2D eigenvalue weighted by molar-refractivity contribution is -0.113. The van der Waals surface area contributed by atoms with Gasteiger partial charge in [0.05, 0.1) is 5.57 Å². The first-order chi connectivity index (χ1) is 14.2. The number of hydrogen-bond donors (Lipinski definition) is 2. The number of carbonyl (C=O) groups is 1. The molecular weight excluding hydrogens is 374 g/mol. The van der Waals surface area contributed by atoms with Gasteiger partial charge in [0, 0.05) is 11.4 Å². The highest BCUT2D eigenvalue weighted by atomic mass is 16.1. The minimum absolute atomic E-state index is 0.0577. The van der Waals surface area contributed by atoms with Gasteiger partial charge in [0.25, 0.3) is 5.91 Å². The number of aryl methyl sites for hydroxylation is 1. The lowest BCUT2D eigenvalue weighted by atomic mass is 9.85. The number of amides is 1. The normalized spacial score (nSPS) is 16.1. The summed E-state index contributed by atoms with van der Waals surface area (Å²) < 4.78 is 1.77. The van der Waals surface area contributed by atoms with Crippen LogP contribution in [0.15, 0.2) is 66.1 Å². The Morgan fingerprint density at radius 3 is 2.50 bits per heavy atom. The third kappa shape index (κ3) is 3.73. The second-order valence-corrected chi connectivity index (χ2v) is 8.79. The minimum atomic E-state index is -0.359. The lowest BCUT2D eigenvalue weighted by Crippen LogP contribution is -2.31. The van der Waals surface area contributed by atoms with Crippen LogP contribution in [0.2, 0.25) is 0 Å². The van der Waals surface area contributed by atoms with Gasteiger partial charge in [-0.25, -0.2) is 4.68 Å². The van der Waals surface area contributed by atoms with Crippen LogP contribution >= 0.6 is 0 Å². The molecule has 6 heteroatoms. The van der Waals surface area contributed by atoms with Crippen LogP contribution in [0.4, 0.5) is 11.6 Å². The summed E-state index contributed by atoms with van der Waals surface area (Å²) in [6.07, 6.45) is 1.51. The van der Waals surface area contributed by atoms with Gasteiger partial charge in [-0.2, -0.15) is 10.1 Å². The SMILES string of the molecule is CC1=C(C(=O)Nc2cccc(C)c2)C(c2ccc(C(C)(C)C)cc2)n2ncnc2N1. The van der Waals surface area contributed by atoms with Crippen LogP contribution in [0.5, 0.6) is 0 Å². The van der Waals surface area contributed by atoms with E-state index in [0.29, 0.717) is 11.5 Å². The van der Waals surface area contributed by atoms with Crippen molar-refractivity contribution in [1.29, 1.82) is 0 Å². The van der Waals surface area contributed by atoms with Gasteiger partial charge in [0.15, 0.2) is 0 Å². The molecule has 1 atom stereocenters. The standard InChI is InChI=1S/C24H27N5O/c1-15-7-6-8-19(13-15)28-22(30)20-16(2)27-23-25-14-26-29(23)21(20)17-9-11-18(12-10-17)24(3,4)5/h6-14,21H,1-5H3,(H,28,30)(H,25,26,27). The van der Waals surface area contributed by atoms with Crippen molar-refractivity contribution in [2.45, 2.75) is 46.1 Å². The summed E-state index contributed by atoms with van der Waals surface area (Å²) in [6, 6.07) is 15.8. The fourth-order valence-corrected chi connectivity index (χ4v) is 3.78. The first kappa shape index (κ1) is 19.9. The molecule has 0 fully saturated rings. The smallest absolute Gasteiger partial charge is 0.255 e. The van der Waals surface area contributed by atoms with Crippen LogP contribution in [0.1, 0.15) is 50.4 Å². The molecule has 0 radical (unpaired) electrons. The Kier molecular flexibility index (Phi) is 4.94. The number of aromatic nitrogens is 3. The Bertz CT molecular complexity index is 1120. The molecule has 0 spiro atoms. The van der Waals surface area contributed by atoms with E-state index in [0.717, 1.165) is 22.5 Å². The molecule has 0 aliphatic carbocycles. The highest BCUT2D eigenvalue weighted by molar-refractivity contribution is 6.06. The van der Waals surface area contributed by atoms with E-state index < -0.39 is 0 Å². The number of anilines is 2. The maximum absolute atomic E-state index is 13.4. The highest BCUT2D eigenvalue weighted by Crippen LogP contribution is 2.36. The lowest BCUT2D eigenvalue weighted by Gasteiger charge is -2.29. The van der Waals surface area contributed by atoms with Gasteiger partial charge in [-0.05, 0) is 48.1 Å². The third-order valence-electron chi connectivity index (χ3n) is 5.41. The Morgan fingerprint density at radius 1 is 1.10 bits per heavy atom. The van der Waals surface area contributed by atoms with Crippen LogP contribution in [-0.2, 0) is 10.2 Å². The van der Waals surface area contributed by atoms with Gasteiger partial charge >= 0.3 is 0 Å². The van der Waals surface area contributed by atoms with Gasteiger partial charge in [-0.3, -0.25) is 4.79 Å². The maximum Gasteiger partial charge on any atom is 0.255 e. The van der Waals surface area contributed by atoms with E-state index in [1.165, 1.54) is 11.9 Å². The molecule has 2 N–H and O–H groups in total. The fraction of sp³-hybridized carbons (Fsp3) is 0.292. The molecule has 0 bridgehead atoms. The topological polar surface area (TPSA) is 71.8 Å². The van der Waals surface area contributed by atoms with Crippen molar-refractivity contribution < 1.29 is 4.79 Å². The van der Waals surface area contributed by atoms with Crippen LogP contribution in [-0.4, -0.2) is 20.7 Å². The molecule has 4 rings (SSSR count). The first-order valence-corrected chi connectivity index (χ1v) is 10.1. The zero-order valence-electron chi connectivity index (χ0n) is 18.0. The average molecular weight is 402 g/mol. The van der Waals surface area contributed by atoms with E-state index in [1.807, 2.05) is 38.1 Å². The van der Waals surface area contributed by atoms with E-state index in [2.05, 4.69) is 65.8 Å². The van der Waals surface area contributed by atoms with Crippen LogP contribution in [0, 0.1) is 6.92 Å². The van der Waals surface area contributed by atoms with Crippen molar-refractivity contribution in [2.24, 2.45) is 0 Å². The van der Waals surface area contributed by atoms with E-state index in [4.69, 9.17) is 0 Å². The molecule has 30 heavy (non-hydrogen) atoms. The van der Waals surface area contributed by atoms with E-state index in [9.17, 15) is 4.79 Å². The number of fused-ring (bicyclic) bond motifs is 1. The van der Waals surface area contributed by atoms with Crippen molar-refractivity contribution in [3.05, 3.63) is 82.8 Å². The summed E-state index contributed by atoms with van der Waals surface area (Å²) in [6.45, 7) is 10.5. The van der Waals surface area contributed by atoms with Crippen molar-refractivity contribution in [1.82, 2.24) is 14.8 Å². The molecule has 1 amide bonds. The van der Waals surface area contributed by atoms with Crippen LogP contribution < -0.4 is 10.6 Å². The van der Waals surface area contributed by atoms with E-state index in [1.54, 1.807) is 4.68 Å². The monoisotopic (exact) mass is 401 g/mol. The van der Waals surface area contributed by atoms with Crippen LogP contribution in [0.25, 0.3) is 0 Å². The zero-order chi connectivity index (χ0) is 21.5. The number of allylic oxidation sites excluding steroid dienone is 1. The first-order valence-electron chi connectivity index (χ1n) is 10.1. The molecular formula is C24H27N5O. The predicted molar refractivity (Wildman–Crippen MR) is 119 cm³/mol. The molecule has 1 unspecified atom stereocenters. The van der Waals surface area contributed by atoms with Crippen molar-refractivity contribution in [3.8, 4) is 0 Å². The summed E-state index contributed by atoms with van der Waals surface area (Å²) >= 11 is 0. The average Bonchev–Trinajstić information content (AvgIpc) is 3.14. The molecule has 0 saturated carbocycles. The maximum atomic E-state index is 13.4. The quantitative estimate of drug-likeness (QED) is 0.661. The van der Waals surface area contributed by atoms with E-state index in [-0.39, 0.29) is 17.4 Å². The third-order valence-corrected chi connectivity index (χ3v) is 5.41. The summed E-state index contributed by atoms with van der Waals surface area (Å²) in [5, 5.41) is 10.7. The summed E-state index contributed by atoms with van der Waals surface area (Å²) in [4.78, 5) is 17.7.